The second kappa shape index (κ2) is 9.63. The number of methoxy groups -OCH3 is 1. The van der Waals surface area contributed by atoms with Gasteiger partial charge in [0.2, 0.25) is 0 Å². The first-order valence-corrected chi connectivity index (χ1v) is 9.86. The van der Waals surface area contributed by atoms with Crippen LogP contribution in [-0.2, 0) is 12.8 Å². The molecule has 0 aromatic heterocycles. The van der Waals surface area contributed by atoms with Crippen LogP contribution in [0.25, 0.3) is 0 Å². The number of hydrogen-bond acceptors (Lipinski definition) is 3. The molecule has 3 rings (SSSR count). The normalized spacial score (nSPS) is 14.8. The Bertz CT molecular complexity index is 662. The molecule has 2 aromatic rings. The van der Waals surface area contributed by atoms with E-state index in [0.717, 1.165) is 37.6 Å². The van der Waals surface area contributed by atoms with Crippen LogP contribution in [0, 0.1) is 5.92 Å². The van der Waals surface area contributed by atoms with Crippen molar-refractivity contribution in [2.24, 2.45) is 5.92 Å². The summed E-state index contributed by atoms with van der Waals surface area (Å²) in [5.74, 6) is 2.14. The second-order valence-electron chi connectivity index (χ2n) is 7.47. The summed E-state index contributed by atoms with van der Waals surface area (Å²) in [6, 6.07) is 16.1. The van der Waals surface area contributed by atoms with Crippen molar-refractivity contribution in [3.63, 3.8) is 0 Å². The Kier molecular flexibility index (Phi) is 6.96. The van der Waals surface area contributed by atoms with Crippen molar-refractivity contribution in [1.82, 2.24) is 4.90 Å². The average Bonchev–Trinajstić information content (AvgIpc) is 3.18. The maximum atomic E-state index is 9.46. The molecular weight excluding hydrogens is 322 g/mol. The van der Waals surface area contributed by atoms with Crippen molar-refractivity contribution < 1.29 is 9.84 Å². The second-order valence-corrected chi connectivity index (χ2v) is 7.47. The maximum Gasteiger partial charge on any atom is 0.119 e. The van der Waals surface area contributed by atoms with Crippen LogP contribution in [0.15, 0.2) is 48.5 Å². The van der Waals surface area contributed by atoms with Crippen LogP contribution in [0.3, 0.4) is 0 Å². The van der Waals surface area contributed by atoms with E-state index in [-0.39, 0.29) is 0 Å². The lowest BCUT2D eigenvalue weighted by Gasteiger charge is -2.25. The highest BCUT2D eigenvalue weighted by molar-refractivity contribution is 5.28. The first kappa shape index (κ1) is 18.8. The molecule has 1 aliphatic rings. The third kappa shape index (κ3) is 5.77. The van der Waals surface area contributed by atoms with Crippen molar-refractivity contribution in [2.75, 3.05) is 26.7 Å². The number of phenols is 1. The molecule has 2 aromatic carbocycles. The minimum absolute atomic E-state index is 0.342. The van der Waals surface area contributed by atoms with Gasteiger partial charge in [0.15, 0.2) is 0 Å². The van der Waals surface area contributed by atoms with E-state index in [9.17, 15) is 5.11 Å². The molecule has 3 nitrogen and oxygen atoms in total. The van der Waals surface area contributed by atoms with E-state index >= 15 is 0 Å². The van der Waals surface area contributed by atoms with Crippen LogP contribution in [0.2, 0.25) is 0 Å². The molecule has 0 radical (unpaired) electrons. The zero-order valence-corrected chi connectivity index (χ0v) is 15.9. The van der Waals surface area contributed by atoms with E-state index in [0.29, 0.717) is 5.75 Å². The van der Waals surface area contributed by atoms with Crippen molar-refractivity contribution in [3.05, 3.63) is 59.7 Å². The Morgan fingerprint density at radius 2 is 1.65 bits per heavy atom. The van der Waals surface area contributed by atoms with E-state index in [1.54, 1.807) is 19.2 Å². The number of hydrogen-bond donors (Lipinski definition) is 1. The van der Waals surface area contributed by atoms with Crippen molar-refractivity contribution in [3.8, 4) is 11.5 Å². The third-order valence-corrected chi connectivity index (χ3v) is 5.50. The maximum absolute atomic E-state index is 9.46. The Morgan fingerprint density at radius 1 is 0.962 bits per heavy atom. The summed E-state index contributed by atoms with van der Waals surface area (Å²) in [5, 5.41) is 9.46. The molecule has 0 heterocycles. The molecule has 0 amide bonds. The lowest BCUT2D eigenvalue weighted by Crippen LogP contribution is -2.32. The summed E-state index contributed by atoms with van der Waals surface area (Å²) in [7, 11) is 1.73. The quantitative estimate of drug-likeness (QED) is 0.710. The topological polar surface area (TPSA) is 32.7 Å². The molecule has 26 heavy (non-hydrogen) atoms. The summed E-state index contributed by atoms with van der Waals surface area (Å²) in [4.78, 5) is 2.63. The molecule has 0 atom stereocenters. The summed E-state index contributed by atoms with van der Waals surface area (Å²) in [6.45, 7) is 3.37. The lowest BCUT2D eigenvalue weighted by molar-refractivity contribution is 0.236. The third-order valence-electron chi connectivity index (χ3n) is 5.50. The molecule has 1 saturated carbocycles. The van der Waals surface area contributed by atoms with Gasteiger partial charge in [-0.15, -0.1) is 0 Å². The average molecular weight is 354 g/mol. The lowest BCUT2D eigenvalue weighted by atomic mass is 10.1. The van der Waals surface area contributed by atoms with Crippen LogP contribution < -0.4 is 4.74 Å². The van der Waals surface area contributed by atoms with Gasteiger partial charge in [-0.25, -0.2) is 0 Å². The highest BCUT2D eigenvalue weighted by Gasteiger charge is 2.18. The van der Waals surface area contributed by atoms with Gasteiger partial charge < -0.3 is 14.7 Å². The smallest absolute Gasteiger partial charge is 0.119 e. The van der Waals surface area contributed by atoms with Gasteiger partial charge in [0.05, 0.1) is 7.11 Å². The predicted octanol–water partition coefficient (Wildman–Crippen LogP) is 4.68. The molecule has 1 aliphatic carbocycles. The van der Waals surface area contributed by atoms with E-state index in [1.807, 2.05) is 18.2 Å². The molecule has 0 bridgehead atoms. The number of rotatable bonds is 9. The summed E-state index contributed by atoms with van der Waals surface area (Å²) in [6.07, 6.45) is 7.65. The van der Waals surface area contributed by atoms with Crippen LogP contribution >= 0.6 is 0 Å². The van der Waals surface area contributed by atoms with Gasteiger partial charge in [0.1, 0.15) is 11.5 Å². The first-order valence-electron chi connectivity index (χ1n) is 9.86. The minimum Gasteiger partial charge on any atom is -0.508 e. The number of phenolic OH excluding ortho intramolecular Hbond substituents is 1. The molecule has 1 fully saturated rings. The van der Waals surface area contributed by atoms with Gasteiger partial charge in [0, 0.05) is 19.6 Å². The molecule has 0 aliphatic heterocycles. The minimum atomic E-state index is 0.342. The molecule has 0 saturated heterocycles. The van der Waals surface area contributed by atoms with E-state index < -0.39 is 0 Å². The van der Waals surface area contributed by atoms with Crippen LogP contribution in [0.5, 0.6) is 11.5 Å². The molecule has 0 spiro atoms. The Balaban J connectivity index is 1.57. The first-order chi connectivity index (χ1) is 12.7. The van der Waals surface area contributed by atoms with Gasteiger partial charge >= 0.3 is 0 Å². The van der Waals surface area contributed by atoms with Gasteiger partial charge in [-0.2, -0.15) is 0 Å². The zero-order valence-electron chi connectivity index (χ0n) is 15.9. The van der Waals surface area contributed by atoms with Crippen LogP contribution in [-0.4, -0.2) is 36.8 Å². The number of ether oxygens (including phenoxy) is 1. The van der Waals surface area contributed by atoms with Gasteiger partial charge in [-0.3, -0.25) is 0 Å². The number of nitrogens with zero attached hydrogens (tertiary/aromatic N) is 1. The Hall–Kier alpha value is -2.00. The van der Waals surface area contributed by atoms with Crippen molar-refractivity contribution >= 4 is 0 Å². The predicted molar refractivity (Wildman–Crippen MR) is 107 cm³/mol. The van der Waals surface area contributed by atoms with E-state index in [1.165, 1.54) is 43.4 Å². The van der Waals surface area contributed by atoms with Crippen molar-refractivity contribution in [1.29, 1.82) is 0 Å². The van der Waals surface area contributed by atoms with Gasteiger partial charge in [0.25, 0.3) is 0 Å². The SMILES string of the molecule is COc1cccc(CCN(CCc2ccc(O)cc2)CC2CCCC2)c1. The number of benzene rings is 2. The molecule has 1 N–H and O–H groups in total. The fourth-order valence-electron chi connectivity index (χ4n) is 3.92. The number of aromatic hydroxyl groups is 1. The van der Waals surface area contributed by atoms with Crippen LogP contribution in [0.1, 0.15) is 36.8 Å². The van der Waals surface area contributed by atoms with Crippen LogP contribution in [0.4, 0.5) is 0 Å². The van der Waals surface area contributed by atoms with Gasteiger partial charge in [-0.1, -0.05) is 37.1 Å². The molecular formula is C23H31NO2. The Labute approximate surface area is 157 Å². The Morgan fingerprint density at radius 3 is 2.35 bits per heavy atom. The largest absolute Gasteiger partial charge is 0.508 e. The summed E-state index contributed by atoms with van der Waals surface area (Å²) >= 11 is 0. The van der Waals surface area contributed by atoms with E-state index in [4.69, 9.17) is 4.74 Å². The molecule has 140 valence electrons. The zero-order chi connectivity index (χ0) is 18.2. The molecule has 3 heteroatoms. The van der Waals surface area contributed by atoms with E-state index in [2.05, 4.69) is 23.1 Å². The molecule has 0 unspecified atom stereocenters. The highest BCUT2D eigenvalue weighted by atomic mass is 16.5. The summed E-state index contributed by atoms with van der Waals surface area (Å²) < 4.78 is 5.35. The monoisotopic (exact) mass is 353 g/mol. The van der Waals surface area contributed by atoms with Gasteiger partial charge in [-0.05, 0) is 67.0 Å². The highest BCUT2D eigenvalue weighted by Crippen LogP contribution is 2.26. The summed E-state index contributed by atoms with van der Waals surface area (Å²) in [5.41, 5.74) is 2.63. The fourth-order valence-corrected chi connectivity index (χ4v) is 3.92. The van der Waals surface area contributed by atoms with Crippen molar-refractivity contribution in [2.45, 2.75) is 38.5 Å². The standard InChI is InChI=1S/C23H31NO2/c1-26-23-8-4-7-20(17-23)14-16-24(18-21-5-2-3-6-21)15-13-19-9-11-22(25)12-10-19/h4,7-12,17,21,25H,2-3,5-6,13-16,18H2,1H3. The fraction of sp³-hybridized carbons (Fsp3) is 0.478.